The Morgan fingerprint density at radius 3 is 2.29 bits per heavy atom. The van der Waals surface area contributed by atoms with Crippen LogP contribution in [0.5, 0.6) is 0 Å². The summed E-state index contributed by atoms with van der Waals surface area (Å²) in [5.74, 6) is -0.985. The fourth-order valence-electron chi connectivity index (χ4n) is 3.04. The Labute approximate surface area is 140 Å². The van der Waals surface area contributed by atoms with Gasteiger partial charge in [-0.1, -0.05) is 60.7 Å². The number of hydrogen-bond acceptors (Lipinski definition) is 3. The molecule has 1 aliphatic heterocycles. The third-order valence-electron chi connectivity index (χ3n) is 4.30. The molecule has 1 heterocycles. The summed E-state index contributed by atoms with van der Waals surface area (Å²) in [6.45, 7) is 0.493. The van der Waals surface area contributed by atoms with Crippen LogP contribution in [0.4, 0.5) is 4.79 Å². The van der Waals surface area contributed by atoms with Crippen LogP contribution in [0.3, 0.4) is 0 Å². The van der Waals surface area contributed by atoms with Gasteiger partial charge in [0.05, 0.1) is 0 Å². The first-order chi connectivity index (χ1) is 11.6. The van der Waals surface area contributed by atoms with Gasteiger partial charge < -0.3 is 9.84 Å². The highest BCUT2D eigenvalue weighted by atomic mass is 16.6. The number of likely N-dealkylation sites (tertiary alicyclic amines) is 1. The molecule has 1 saturated heterocycles. The van der Waals surface area contributed by atoms with Gasteiger partial charge in [0, 0.05) is 12.5 Å². The van der Waals surface area contributed by atoms with E-state index in [1.807, 2.05) is 60.7 Å². The van der Waals surface area contributed by atoms with Gasteiger partial charge >= 0.3 is 12.1 Å². The maximum atomic E-state index is 12.4. The highest BCUT2D eigenvalue weighted by Crippen LogP contribution is 2.32. The summed E-state index contributed by atoms with van der Waals surface area (Å²) in [5, 5.41) is 9.43. The number of hydrogen-bond donors (Lipinski definition) is 1. The molecule has 2 aromatic carbocycles. The van der Waals surface area contributed by atoms with Crippen molar-refractivity contribution >= 4 is 12.1 Å². The molecule has 0 aromatic heterocycles. The lowest BCUT2D eigenvalue weighted by Crippen LogP contribution is -2.40. The summed E-state index contributed by atoms with van der Waals surface area (Å²) >= 11 is 0. The van der Waals surface area contributed by atoms with Crippen LogP contribution in [0.15, 0.2) is 60.7 Å². The second kappa shape index (κ2) is 7.17. The second-order valence-electron chi connectivity index (χ2n) is 5.89. The molecule has 0 aliphatic carbocycles. The third-order valence-corrected chi connectivity index (χ3v) is 4.30. The molecule has 2 atom stereocenters. The van der Waals surface area contributed by atoms with Crippen molar-refractivity contribution in [2.75, 3.05) is 6.54 Å². The minimum Gasteiger partial charge on any atom is -0.480 e. The predicted octanol–water partition coefficient (Wildman–Crippen LogP) is 3.27. The van der Waals surface area contributed by atoms with Crippen LogP contribution in [-0.2, 0) is 16.1 Å². The molecule has 5 heteroatoms. The van der Waals surface area contributed by atoms with E-state index in [4.69, 9.17) is 4.74 Å². The lowest BCUT2D eigenvalue weighted by Gasteiger charge is -2.20. The number of carbonyl (C=O) groups is 2. The van der Waals surface area contributed by atoms with E-state index in [1.54, 1.807) is 0 Å². The van der Waals surface area contributed by atoms with E-state index in [2.05, 4.69) is 0 Å². The van der Waals surface area contributed by atoms with Crippen molar-refractivity contribution < 1.29 is 19.4 Å². The molecule has 3 rings (SSSR count). The largest absolute Gasteiger partial charge is 0.480 e. The van der Waals surface area contributed by atoms with Crippen molar-refractivity contribution in [3.05, 3.63) is 71.8 Å². The number of benzene rings is 2. The van der Waals surface area contributed by atoms with E-state index in [0.717, 1.165) is 11.1 Å². The fraction of sp³-hybridized carbons (Fsp3) is 0.263. The highest BCUT2D eigenvalue weighted by Gasteiger charge is 2.41. The summed E-state index contributed by atoms with van der Waals surface area (Å²) in [4.78, 5) is 25.2. The molecular formula is C19H19NO4. The number of carbonyl (C=O) groups excluding carboxylic acids is 1. The molecular weight excluding hydrogens is 306 g/mol. The van der Waals surface area contributed by atoms with Crippen LogP contribution in [0, 0.1) is 0 Å². The minimum atomic E-state index is -0.995. The monoisotopic (exact) mass is 325 g/mol. The van der Waals surface area contributed by atoms with Crippen LogP contribution in [-0.4, -0.2) is 34.7 Å². The summed E-state index contributed by atoms with van der Waals surface area (Å²) in [5.41, 5.74) is 1.92. The third kappa shape index (κ3) is 3.56. The first-order valence-corrected chi connectivity index (χ1v) is 7.90. The Morgan fingerprint density at radius 2 is 1.67 bits per heavy atom. The van der Waals surface area contributed by atoms with Gasteiger partial charge in [0.1, 0.15) is 12.6 Å². The van der Waals surface area contributed by atoms with E-state index in [9.17, 15) is 14.7 Å². The molecule has 0 saturated carbocycles. The zero-order valence-corrected chi connectivity index (χ0v) is 13.2. The number of ether oxygens (including phenoxy) is 1. The van der Waals surface area contributed by atoms with E-state index in [-0.39, 0.29) is 12.5 Å². The van der Waals surface area contributed by atoms with Crippen molar-refractivity contribution in [2.45, 2.75) is 25.0 Å². The first kappa shape index (κ1) is 16.1. The van der Waals surface area contributed by atoms with E-state index in [1.165, 1.54) is 4.90 Å². The van der Waals surface area contributed by atoms with E-state index < -0.39 is 18.1 Å². The lowest BCUT2D eigenvalue weighted by molar-refractivity contribution is -0.141. The fourth-order valence-corrected chi connectivity index (χ4v) is 3.04. The van der Waals surface area contributed by atoms with Gasteiger partial charge in [-0.25, -0.2) is 9.59 Å². The van der Waals surface area contributed by atoms with Gasteiger partial charge in [-0.3, -0.25) is 4.90 Å². The predicted molar refractivity (Wildman–Crippen MR) is 88.6 cm³/mol. The number of carboxylic acids is 1. The van der Waals surface area contributed by atoms with Gasteiger partial charge in [0.25, 0.3) is 0 Å². The summed E-state index contributed by atoms with van der Waals surface area (Å²) in [6.07, 6.45) is -0.176. The van der Waals surface area contributed by atoms with Gasteiger partial charge in [0.2, 0.25) is 0 Å². The maximum absolute atomic E-state index is 12.4. The van der Waals surface area contributed by atoms with E-state index in [0.29, 0.717) is 13.0 Å². The molecule has 0 unspecified atom stereocenters. The Kier molecular flexibility index (Phi) is 4.79. The van der Waals surface area contributed by atoms with Crippen LogP contribution in [0.25, 0.3) is 0 Å². The van der Waals surface area contributed by atoms with Crippen molar-refractivity contribution in [2.24, 2.45) is 0 Å². The second-order valence-corrected chi connectivity index (χ2v) is 5.89. The molecule has 1 fully saturated rings. The normalized spacial score (nSPS) is 19.9. The molecule has 0 radical (unpaired) electrons. The van der Waals surface area contributed by atoms with Crippen molar-refractivity contribution in [1.29, 1.82) is 0 Å². The standard InChI is InChI=1S/C19H19NO4/c21-18(22)17-11-16(15-9-5-2-6-10-15)12-20(17)19(23)24-13-14-7-3-1-4-8-14/h1-10,16-17H,11-13H2,(H,21,22)/t16-,17+/m1/s1. The highest BCUT2D eigenvalue weighted by molar-refractivity contribution is 5.81. The topological polar surface area (TPSA) is 66.8 Å². The van der Waals surface area contributed by atoms with Crippen molar-refractivity contribution in [3.8, 4) is 0 Å². The van der Waals surface area contributed by atoms with Crippen LogP contribution in [0.1, 0.15) is 23.5 Å². The first-order valence-electron chi connectivity index (χ1n) is 7.90. The van der Waals surface area contributed by atoms with E-state index >= 15 is 0 Å². The van der Waals surface area contributed by atoms with Crippen LogP contribution < -0.4 is 0 Å². The van der Waals surface area contributed by atoms with Gasteiger partial charge in [0.15, 0.2) is 0 Å². The van der Waals surface area contributed by atoms with Crippen molar-refractivity contribution in [1.82, 2.24) is 4.90 Å². The number of nitrogens with zero attached hydrogens (tertiary/aromatic N) is 1. The summed E-state index contributed by atoms with van der Waals surface area (Å²) in [6, 6.07) is 18.2. The molecule has 2 aromatic rings. The maximum Gasteiger partial charge on any atom is 0.410 e. The molecule has 0 bridgehead atoms. The summed E-state index contributed by atoms with van der Waals surface area (Å²) in [7, 11) is 0. The van der Waals surface area contributed by atoms with Gasteiger partial charge in [-0.15, -0.1) is 0 Å². The number of aliphatic carboxylic acids is 1. The molecule has 5 nitrogen and oxygen atoms in total. The Balaban J connectivity index is 1.68. The Hall–Kier alpha value is -2.82. The zero-order chi connectivity index (χ0) is 16.9. The molecule has 1 amide bonds. The zero-order valence-electron chi connectivity index (χ0n) is 13.2. The van der Waals surface area contributed by atoms with Gasteiger partial charge in [-0.2, -0.15) is 0 Å². The summed E-state index contributed by atoms with van der Waals surface area (Å²) < 4.78 is 5.30. The van der Waals surface area contributed by atoms with Gasteiger partial charge in [-0.05, 0) is 17.5 Å². The van der Waals surface area contributed by atoms with Crippen LogP contribution in [0.2, 0.25) is 0 Å². The Morgan fingerprint density at radius 1 is 1.04 bits per heavy atom. The molecule has 24 heavy (non-hydrogen) atoms. The SMILES string of the molecule is O=C(O)[C@@H]1C[C@@H](c2ccccc2)CN1C(=O)OCc1ccccc1. The van der Waals surface area contributed by atoms with Crippen LogP contribution >= 0.6 is 0 Å². The lowest BCUT2D eigenvalue weighted by atomic mass is 9.96. The molecule has 0 spiro atoms. The number of amides is 1. The van der Waals surface area contributed by atoms with Crippen molar-refractivity contribution in [3.63, 3.8) is 0 Å². The average Bonchev–Trinajstić information content (AvgIpc) is 3.07. The molecule has 1 N–H and O–H groups in total. The number of rotatable bonds is 4. The average molecular weight is 325 g/mol. The molecule has 1 aliphatic rings. The smallest absolute Gasteiger partial charge is 0.410 e. The molecule has 124 valence electrons. The Bertz CT molecular complexity index is 702. The number of carboxylic acid groups (broad SMARTS) is 1. The quantitative estimate of drug-likeness (QED) is 0.937. The minimum absolute atomic E-state index is 0.0107.